The SMILES string of the molecule is O=C(O)c1ccc(CN(Cc2ccccn2)Cc2ccccn2)cc1.[CH-]=O.[CH-]=O.[CH-]=O.[Mo+4]. The number of carboxylic acid groups (broad SMARTS) is 1. The average molecular weight is 516 g/mol. The van der Waals surface area contributed by atoms with Crippen LogP contribution in [0.4, 0.5) is 0 Å². The van der Waals surface area contributed by atoms with Gasteiger partial charge in [0.05, 0.1) is 17.0 Å². The molecule has 8 nitrogen and oxygen atoms in total. The van der Waals surface area contributed by atoms with E-state index < -0.39 is 5.97 Å². The van der Waals surface area contributed by atoms with E-state index in [4.69, 9.17) is 19.5 Å². The number of carboxylic acids is 1. The van der Waals surface area contributed by atoms with Crippen molar-refractivity contribution in [3.8, 4) is 0 Å². The Balaban J connectivity index is 0. The number of aromatic carboxylic acids is 1. The number of hydrogen-bond acceptors (Lipinski definition) is 7. The van der Waals surface area contributed by atoms with Gasteiger partial charge in [-0.25, -0.2) is 4.79 Å². The molecule has 0 bridgehead atoms. The van der Waals surface area contributed by atoms with E-state index in [0.717, 1.165) is 17.0 Å². The Morgan fingerprint density at radius 1 is 0.719 bits per heavy atom. The summed E-state index contributed by atoms with van der Waals surface area (Å²) in [5.41, 5.74) is 3.32. The van der Waals surface area contributed by atoms with Gasteiger partial charge < -0.3 is 19.5 Å². The molecule has 0 aliphatic heterocycles. The van der Waals surface area contributed by atoms with Crippen molar-refractivity contribution in [1.82, 2.24) is 14.9 Å². The van der Waals surface area contributed by atoms with Crippen LogP contribution in [0.25, 0.3) is 0 Å². The second kappa shape index (κ2) is 19.6. The topological polar surface area (TPSA) is 118 Å². The number of nitrogens with zero attached hydrogens (tertiary/aromatic N) is 3. The minimum Gasteiger partial charge on any atom is -0.545 e. The van der Waals surface area contributed by atoms with Crippen molar-refractivity contribution in [3.63, 3.8) is 0 Å². The summed E-state index contributed by atoms with van der Waals surface area (Å²) in [5.74, 6) is -0.912. The normalized spacial score (nSPS) is 8.78. The van der Waals surface area contributed by atoms with Gasteiger partial charge in [0.1, 0.15) is 0 Å². The number of carbonyl (C=O) groups is 1. The van der Waals surface area contributed by atoms with Gasteiger partial charge in [-0.2, -0.15) is 0 Å². The minimum atomic E-state index is -0.912. The quantitative estimate of drug-likeness (QED) is 0.289. The van der Waals surface area contributed by atoms with Gasteiger partial charge in [0, 0.05) is 32.0 Å². The third-order valence-corrected chi connectivity index (χ3v) is 3.83. The number of benzene rings is 1. The summed E-state index contributed by atoms with van der Waals surface area (Å²) in [6, 6.07) is 18.7. The molecule has 0 atom stereocenters. The van der Waals surface area contributed by atoms with Gasteiger partial charge in [0.25, 0.3) is 0 Å². The first-order valence-electron chi connectivity index (χ1n) is 8.76. The first kappa shape index (κ1) is 30.8. The first-order valence-corrected chi connectivity index (χ1v) is 8.76. The van der Waals surface area contributed by atoms with Crippen LogP contribution in [0.15, 0.2) is 73.1 Å². The van der Waals surface area contributed by atoms with Crippen LogP contribution >= 0.6 is 0 Å². The summed E-state index contributed by atoms with van der Waals surface area (Å²) in [5, 5.41) is 9.02. The maximum absolute atomic E-state index is 11.0. The second-order valence-electron chi connectivity index (χ2n) is 5.79. The summed E-state index contributed by atoms with van der Waals surface area (Å²) < 4.78 is 0. The molecule has 164 valence electrons. The molecule has 2 aromatic heterocycles. The summed E-state index contributed by atoms with van der Waals surface area (Å²) in [4.78, 5) is 45.3. The van der Waals surface area contributed by atoms with Crippen LogP contribution in [-0.2, 0) is 55.1 Å². The van der Waals surface area contributed by atoms with Crippen LogP contribution in [0, 0.1) is 0 Å². The summed E-state index contributed by atoms with van der Waals surface area (Å²) in [7, 11) is 0. The van der Waals surface area contributed by atoms with Crippen molar-refractivity contribution in [2.75, 3.05) is 0 Å². The van der Waals surface area contributed by atoms with Crippen molar-refractivity contribution >= 4 is 26.3 Å². The van der Waals surface area contributed by atoms with Gasteiger partial charge in [-0.15, -0.1) is 0 Å². The molecule has 0 aliphatic rings. The Bertz CT molecular complexity index is 822. The molecule has 0 unspecified atom stereocenters. The monoisotopic (exact) mass is 518 g/mol. The van der Waals surface area contributed by atoms with E-state index in [2.05, 4.69) is 35.2 Å². The Kier molecular flexibility index (Phi) is 18.9. The van der Waals surface area contributed by atoms with Crippen LogP contribution in [0.1, 0.15) is 27.3 Å². The predicted octanol–water partition coefficient (Wildman–Crippen LogP) is 2.55. The van der Waals surface area contributed by atoms with Crippen molar-refractivity contribution < 1.29 is 45.3 Å². The number of pyridine rings is 2. The summed E-state index contributed by atoms with van der Waals surface area (Å²) >= 11 is 0. The maximum Gasteiger partial charge on any atom is 4.00 e. The molecule has 0 amide bonds. The molecule has 0 radical (unpaired) electrons. The van der Waals surface area contributed by atoms with Gasteiger partial charge in [-0.1, -0.05) is 24.3 Å². The number of rotatable bonds is 7. The fraction of sp³-hybridized carbons (Fsp3) is 0.130. The molecule has 1 aromatic carbocycles. The number of hydrogen-bond donors (Lipinski definition) is 1. The smallest absolute Gasteiger partial charge is 0.545 e. The van der Waals surface area contributed by atoms with Crippen molar-refractivity contribution in [1.29, 1.82) is 0 Å². The molecule has 0 fully saturated rings. The predicted molar refractivity (Wildman–Crippen MR) is 115 cm³/mol. The Morgan fingerprint density at radius 2 is 1.16 bits per heavy atom. The molecule has 0 saturated carbocycles. The Hall–Kier alpha value is -3.35. The van der Waals surface area contributed by atoms with Crippen LogP contribution in [0.3, 0.4) is 0 Å². The van der Waals surface area contributed by atoms with Crippen molar-refractivity contribution in [2.24, 2.45) is 0 Å². The molecule has 1 N–H and O–H groups in total. The summed E-state index contributed by atoms with van der Waals surface area (Å²) in [6.07, 6.45) is 3.58. The van der Waals surface area contributed by atoms with Crippen molar-refractivity contribution in [3.05, 3.63) is 95.6 Å². The maximum atomic E-state index is 11.0. The Morgan fingerprint density at radius 3 is 1.50 bits per heavy atom. The van der Waals surface area contributed by atoms with E-state index >= 15 is 0 Å². The fourth-order valence-corrected chi connectivity index (χ4v) is 2.62. The number of carbonyl (C=O) groups excluding carboxylic acids is 3. The van der Waals surface area contributed by atoms with Gasteiger partial charge in [-0.05, 0) is 42.0 Å². The second-order valence-corrected chi connectivity index (χ2v) is 5.79. The summed E-state index contributed by atoms with van der Waals surface area (Å²) in [6.45, 7) is 11.8. The molecular formula is C23H22MoN3O5+. The zero-order valence-corrected chi connectivity index (χ0v) is 19.1. The van der Waals surface area contributed by atoms with E-state index in [1.54, 1.807) is 24.5 Å². The molecule has 0 saturated heterocycles. The van der Waals surface area contributed by atoms with Gasteiger partial charge >= 0.3 is 27.0 Å². The van der Waals surface area contributed by atoms with Crippen molar-refractivity contribution in [2.45, 2.75) is 19.6 Å². The van der Waals surface area contributed by atoms with Crippen LogP contribution in [0.2, 0.25) is 0 Å². The largest absolute Gasteiger partial charge is 4.00 e. The molecular weight excluding hydrogens is 494 g/mol. The zero-order chi connectivity index (χ0) is 23.5. The van der Waals surface area contributed by atoms with Crippen LogP contribution in [-0.4, -0.2) is 46.3 Å². The van der Waals surface area contributed by atoms with E-state index in [1.165, 1.54) is 0 Å². The minimum absolute atomic E-state index is 0. The van der Waals surface area contributed by atoms with E-state index in [9.17, 15) is 4.79 Å². The molecule has 3 aromatic rings. The molecule has 9 heteroatoms. The third-order valence-electron chi connectivity index (χ3n) is 3.83. The third kappa shape index (κ3) is 11.7. The molecule has 2 heterocycles. The van der Waals surface area contributed by atoms with Crippen LogP contribution < -0.4 is 0 Å². The first-order chi connectivity index (χ1) is 15.2. The van der Waals surface area contributed by atoms with Gasteiger partial charge in [0.15, 0.2) is 0 Å². The standard InChI is InChI=1S/C20H19N3O2.3CHO.Mo/c24-20(25)17-9-7-16(8-10-17)13-23(14-18-5-1-3-11-21-18)15-19-6-2-4-12-22-19;3*1-2;/h1-12H,13-15H2,(H,24,25);3*1H;/q;3*-1;+4. The van der Waals surface area contributed by atoms with Gasteiger partial charge in [0.2, 0.25) is 0 Å². The number of aromatic nitrogens is 2. The van der Waals surface area contributed by atoms with Crippen LogP contribution in [0.5, 0.6) is 0 Å². The fourth-order valence-electron chi connectivity index (χ4n) is 2.62. The van der Waals surface area contributed by atoms with Gasteiger partial charge in [-0.3, -0.25) is 35.2 Å². The van der Waals surface area contributed by atoms with E-state index in [0.29, 0.717) is 25.2 Å². The molecule has 32 heavy (non-hydrogen) atoms. The Labute approximate surface area is 201 Å². The molecule has 0 spiro atoms. The average Bonchev–Trinajstić information content (AvgIpc) is 2.84. The van der Waals surface area contributed by atoms with E-state index in [1.807, 2.05) is 48.5 Å². The zero-order valence-electron chi connectivity index (χ0n) is 17.1. The van der Waals surface area contributed by atoms with E-state index in [-0.39, 0.29) is 21.1 Å². The molecule has 3 rings (SSSR count). The molecule has 0 aliphatic carbocycles.